The predicted molar refractivity (Wildman–Crippen MR) is 74.1 cm³/mol. The molecule has 0 aliphatic heterocycles. The quantitative estimate of drug-likeness (QED) is 0.863. The molecule has 0 fully saturated rings. The van der Waals surface area contributed by atoms with Gasteiger partial charge in [0.25, 0.3) is 0 Å². The van der Waals surface area contributed by atoms with Gasteiger partial charge in [-0.05, 0) is 24.5 Å². The van der Waals surface area contributed by atoms with Gasteiger partial charge in [0.15, 0.2) is 0 Å². The summed E-state index contributed by atoms with van der Waals surface area (Å²) < 4.78 is 0. The maximum Gasteiger partial charge on any atom is 0.102 e. The van der Waals surface area contributed by atoms with Gasteiger partial charge >= 0.3 is 0 Å². The lowest BCUT2D eigenvalue weighted by molar-refractivity contribution is 0.0289. The average molecular weight is 241 g/mol. The van der Waals surface area contributed by atoms with Crippen LogP contribution in [0, 0.1) is 0 Å². The summed E-state index contributed by atoms with van der Waals surface area (Å²) in [7, 11) is 0. The average Bonchev–Trinajstić information content (AvgIpc) is 2.41. The highest BCUT2D eigenvalue weighted by Gasteiger charge is 2.30. The summed E-state index contributed by atoms with van der Waals surface area (Å²) in [4.78, 5) is 0. The molecule has 18 heavy (non-hydrogen) atoms. The van der Waals surface area contributed by atoms with Crippen molar-refractivity contribution in [1.29, 1.82) is 0 Å². The Balaban J connectivity index is 2.15. The van der Waals surface area contributed by atoms with Crippen LogP contribution in [-0.2, 0) is 12.0 Å². The Morgan fingerprint density at radius 2 is 1.50 bits per heavy atom. The van der Waals surface area contributed by atoms with Crippen molar-refractivity contribution in [3.8, 4) is 0 Å². The largest absolute Gasteiger partial charge is 0.384 e. The first-order valence-corrected chi connectivity index (χ1v) is 6.18. The van der Waals surface area contributed by atoms with Crippen LogP contribution >= 0.6 is 0 Å². The van der Waals surface area contributed by atoms with Crippen LogP contribution in [-0.4, -0.2) is 11.1 Å². The Bertz CT molecular complexity index is 479. The molecular weight excluding hydrogens is 222 g/mol. The summed E-state index contributed by atoms with van der Waals surface area (Å²) in [5.41, 5.74) is 7.14. The molecule has 0 aliphatic rings. The Hall–Kier alpha value is -1.64. The normalized spacial score (nSPS) is 15.9. The van der Waals surface area contributed by atoms with Gasteiger partial charge in [0.2, 0.25) is 0 Å². The minimum Gasteiger partial charge on any atom is -0.384 e. The van der Waals surface area contributed by atoms with E-state index in [0.717, 1.165) is 11.1 Å². The van der Waals surface area contributed by atoms with E-state index in [1.807, 2.05) is 60.7 Å². The fourth-order valence-corrected chi connectivity index (χ4v) is 2.06. The molecule has 2 atom stereocenters. The summed E-state index contributed by atoms with van der Waals surface area (Å²) in [5, 5.41) is 10.6. The third-order valence-electron chi connectivity index (χ3n) is 3.38. The Morgan fingerprint density at radius 3 is 2.06 bits per heavy atom. The van der Waals surface area contributed by atoms with E-state index in [2.05, 4.69) is 0 Å². The number of hydrogen-bond donors (Lipinski definition) is 2. The van der Waals surface area contributed by atoms with E-state index in [0.29, 0.717) is 6.42 Å². The van der Waals surface area contributed by atoms with Crippen LogP contribution in [0.25, 0.3) is 0 Å². The Labute approximate surface area is 108 Å². The van der Waals surface area contributed by atoms with E-state index in [1.54, 1.807) is 6.92 Å². The van der Waals surface area contributed by atoms with Crippen molar-refractivity contribution in [2.75, 3.05) is 0 Å². The lowest BCUT2D eigenvalue weighted by Crippen LogP contribution is -2.44. The predicted octanol–water partition coefficient (Wildman–Crippen LogP) is 2.46. The third kappa shape index (κ3) is 2.78. The molecule has 2 heteroatoms. The molecule has 2 nitrogen and oxygen atoms in total. The van der Waals surface area contributed by atoms with Crippen molar-refractivity contribution in [1.82, 2.24) is 0 Å². The van der Waals surface area contributed by atoms with Crippen LogP contribution in [0.15, 0.2) is 60.7 Å². The standard InChI is InChI=1S/C16H19NO/c1-16(18,14-10-6-3-7-11-14)15(17)12-13-8-4-2-5-9-13/h2-11,15,18H,12,17H2,1H3/t15-,16+/m0/s1. The molecule has 0 aliphatic carbocycles. The maximum absolute atomic E-state index is 10.6. The Kier molecular flexibility index (Phi) is 3.80. The molecule has 0 heterocycles. The van der Waals surface area contributed by atoms with Crippen LogP contribution in [0.3, 0.4) is 0 Å². The molecule has 0 amide bonds. The molecule has 2 aromatic rings. The summed E-state index contributed by atoms with van der Waals surface area (Å²) in [5.74, 6) is 0. The molecule has 0 saturated carbocycles. The van der Waals surface area contributed by atoms with Crippen molar-refractivity contribution in [3.63, 3.8) is 0 Å². The van der Waals surface area contributed by atoms with Gasteiger partial charge in [0.1, 0.15) is 5.60 Å². The summed E-state index contributed by atoms with van der Waals surface area (Å²) in [6.07, 6.45) is 0.655. The summed E-state index contributed by atoms with van der Waals surface area (Å²) in [6.45, 7) is 1.77. The van der Waals surface area contributed by atoms with Crippen molar-refractivity contribution < 1.29 is 5.11 Å². The highest BCUT2D eigenvalue weighted by molar-refractivity contribution is 5.25. The second kappa shape index (κ2) is 5.34. The monoisotopic (exact) mass is 241 g/mol. The van der Waals surface area contributed by atoms with Crippen molar-refractivity contribution in [2.45, 2.75) is 25.0 Å². The molecule has 0 bridgehead atoms. The molecule has 0 aromatic heterocycles. The summed E-state index contributed by atoms with van der Waals surface area (Å²) in [6, 6.07) is 19.3. The molecule has 0 radical (unpaired) electrons. The number of rotatable bonds is 4. The van der Waals surface area contributed by atoms with Gasteiger partial charge in [-0.15, -0.1) is 0 Å². The first-order chi connectivity index (χ1) is 8.60. The molecule has 2 rings (SSSR count). The first kappa shape index (κ1) is 12.8. The smallest absolute Gasteiger partial charge is 0.102 e. The van der Waals surface area contributed by atoms with Crippen LogP contribution < -0.4 is 5.73 Å². The van der Waals surface area contributed by atoms with Crippen LogP contribution in [0.4, 0.5) is 0 Å². The van der Waals surface area contributed by atoms with Gasteiger partial charge < -0.3 is 10.8 Å². The van der Waals surface area contributed by atoms with Crippen molar-refractivity contribution >= 4 is 0 Å². The second-order valence-corrected chi connectivity index (χ2v) is 4.81. The zero-order valence-corrected chi connectivity index (χ0v) is 10.6. The highest BCUT2D eigenvalue weighted by atomic mass is 16.3. The van der Waals surface area contributed by atoms with Gasteiger partial charge in [-0.3, -0.25) is 0 Å². The SMILES string of the molecule is C[C@@](O)(c1ccccc1)[C@@H](N)Cc1ccccc1. The number of nitrogens with two attached hydrogens (primary N) is 1. The van der Waals surface area contributed by atoms with Crippen LogP contribution in [0.2, 0.25) is 0 Å². The van der Waals surface area contributed by atoms with E-state index in [-0.39, 0.29) is 6.04 Å². The van der Waals surface area contributed by atoms with E-state index >= 15 is 0 Å². The molecule has 3 N–H and O–H groups in total. The molecule has 0 spiro atoms. The summed E-state index contributed by atoms with van der Waals surface area (Å²) >= 11 is 0. The van der Waals surface area contributed by atoms with Crippen LogP contribution in [0.5, 0.6) is 0 Å². The molecule has 0 saturated heterocycles. The Morgan fingerprint density at radius 1 is 1.00 bits per heavy atom. The van der Waals surface area contributed by atoms with Gasteiger partial charge in [0.05, 0.1) is 0 Å². The minimum absolute atomic E-state index is 0.331. The van der Waals surface area contributed by atoms with Gasteiger partial charge in [-0.25, -0.2) is 0 Å². The van der Waals surface area contributed by atoms with Gasteiger partial charge in [-0.1, -0.05) is 60.7 Å². The topological polar surface area (TPSA) is 46.2 Å². The zero-order valence-electron chi connectivity index (χ0n) is 10.6. The number of hydrogen-bond acceptors (Lipinski definition) is 2. The van der Waals surface area contributed by atoms with E-state index in [1.165, 1.54) is 0 Å². The van der Waals surface area contributed by atoms with Crippen molar-refractivity contribution in [3.05, 3.63) is 71.8 Å². The zero-order chi connectivity index (χ0) is 13.0. The molecule has 94 valence electrons. The van der Waals surface area contributed by atoms with Gasteiger partial charge in [0, 0.05) is 6.04 Å². The molecular formula is C16H19NO. The first-order valence-electron chi connectivity index (χ1n) is 6.18. The minimum atomic E-state index is -1.02. The van der Waals surface area contributed by atoms with Crippen molar-refractivity contribution in [2.24, 2.45) is 5.73 Å². The lowest BCUT2D eigenvalue weighted by atomic mass is 9.85. The molecule has 0 unspecified atom stereocenters. The second-order valence-electron chi connectivity index (χ2n) is 4.81. The fraction of sp³-hybridized carbons (Fsp3) is 0.250. The fourth-order valence-electron chi connectivity index (χ4n) is 2.06. The highest BCUT2D eigenvalue weighted by Crippen LogP contribution is 2.25. The van der Waals surface area contributed by atoms with E-state index in [9.17, 15) is 5.11 Å². The number of aliphatic hydroxyl groups is 1. The number of benzene rings is 2. The van der Waals surface area contributed by atoms with Crippen LogP contribution in [0.1, 0.15) is 18.1 Å². The molecule has 2 aromatic carbocycles. The van der Waals surface area contributed by atoms with E-state index in [4.69, 9.17) is 5.73 Å². The third-order valence-corrected chi connectivity index (χ3v) is 3.38. The van der Waals surface area contributed by atoms with Gasteiger partial charge in [-0.2, -0.15) is 0 Å². The van der Waals surface area contributed by atoms with E-state index < -0.39 is 5.60 Å². The maximum atomic E-state index is 10.6. The lowest BCUT2D eigenvalue weighted by Gasteiger charge is -2.30.